The van der Waals surface area contributed by atoms with Crippen LogP contribution < -0.4 is 9.46 Å². The highest BCUT2D eigenvalue weighted by Gasteiger charge is 2.35. The molecule has 24 heavy (non-hydrogen) atoms. The molecule has 0 spiro atoms. The smallest absolute Gasteiger partial charge is 0.242 e. The zero-order valence-corrected chi connectivity index (χ0v) is 15.3. The molecule has 0 aliphatic heterocycles. The second-order valence-corrected chi connectivity index (χ2v) is 7.89. The predicted octanol–water partition coefficient (Wildman–Crippen LogP) is 1.99. The van der Waals surface area contributed by atoms with Crippen molar-refractivity contribution in [2.45, 2.75) is 24.3 Å². The van der Waals surface area contributed by atoms with Gasteiger partial charge in [0.1, 0.15) is 11.3 Å². The van der Waals surface area contributed by atoms with E-state index < -0.39 is 15.6 Å². The molecule has 0 unspecified atom stereocenters. The summed E-state index contributed by atoms with van der Waals surface area (Å²) in [5.74, 6) is 0.261. The summed E-state index contributed by atoms with van der Waals surface area (Å²) < 4.78 is 33.5. The molecular weight excluding hydrogens is 328 g/mol. The highest BCUT2D eigenvalue weighted by molar-refractivity contribution is 7.89. The van der Waals surface area contributed by atoms with Gasteiger partial charge in [0.2, 0.25) is 15.9 Å². The van der Waals surface area contributed by atoms with Crippen molar-refractivity contribution in [3.63, 3.8) is 0 Å². The van der Waals surface area contributed by atoms with Crippen LogP contribution in [0.25, 0.3) is 10.8 Å². The molecule has 130 valence electrons. The Labute approximate surface area is 142 Å². The fourth-order valence-electron chi connectivity index (χ4n) is 2.65. The molecule has 2 aromatic rings. The first-order valence-electron chi connectivity index (χ1n) is 7.41. The quantitative estimate of drug-likeness (QED) is 0.895. The second-order valence-electron chi connectivity index (χ2n) is 6.24. The molecule has 0 fully saturated rings. The van der Waals surface area contributed by atoms with Crippen molar-refractivity contribution >= 4 is 26.7 Å². The number of fused-ring (bicyclic) bond motifs is 1. The molecule has 7 heteroatoms. The maximum Gasteiger partial charge on any atom is 0.242 e. The molecule has 6 nitrogen and oxygen atoms in total. The molecule has 0 radical (unpaired) electrons. The predicted molar refractivity (Wildman–Crippen MR) is 93.6 cm³/mol. The minimum atomic E-state index is -3.90. The number of likely N-dealkylation sites (N-methyl/N-ethyl adjacent to an activating group) is 1. The fourth-order valence-corrected chi connectivity index (χ4v) is 4.23. The number of methoxy groups -OCH3 is 1. The van der Waals surface area contributed by atoms with Gasteiger partial charge < -0.3 is 9.64 Å². The Kier molecular flexibility index (Phi) is 4.87. The summed E-state index contributed by atoms with van der Waals surface area (Å²) in [5.41, 5.74) is -1.26. The van der Waals surface area contributed by atoms with Crippen LogP contribution in [0.5, 0.6) is 5.75 Å². The SMILES string of the molecule is COc1ccc(S(=O)(=O)NC(C)(C)C(=O)N(C)C)c2ccccc12. The Morgan fingerprint density at radius 3 is 2.21 bits per heavy atom. The molecule has 0 bridgehead atoms. The van der Waals surface area contributed by atoms with E-state index in [1.807, 2.05) is 6.07 Å². The average Bonchev–Trinajstić information content (AvgIpc) is 2.51. The summed E-state index contributed by atoms with van der Waals surface area (Å²) in [6.07, 6.45) is 0. The first kappa shape index (κ1) is 18.2. The monoisotopic (exact) mass is 350 g/mol. The van der Waals surface area contributed by atoms with Gasteiger partial charge in [0.05, 0.1) is 12.0 Å². The number of rotatable bonds is 5. The van der Waals surface area contributed by atoms with Gasteiger partial charge in [-0.15, -0.1) is 0 Å². The molecule has 0 aliphatic rings. The fraction of sp³-hybridized carbons (Fsp3) is 0.353. The van der Waals surface area contributed by atoms with Gasteiger partial charge in [-0.2, -0.15) is 4.72 Å². The van der Waals surface area contributed by atoms with Gasteiger partial charge in [-0.05, 0) is 26.0 Å². The highest BCUT2D eigenvalue weighted by Crippen LogP contribution is 2.31. The standard InChI is InChI=1S/C17H22N2O4S/c1-17(2,16(20)19(3)4)18-24(21,22)15-11-10-14(23-5)12-8-6-7-9-13(12)15/h6-11,18H,1-5H3. The van der Waals surface area contributed by atoms with E-state index in [1.54, 1.807) is 52.2 Å². The molecule has 0 aromatic heterocycles. The highest BCUT2D eigenvalue weighted by atomic mass is 32.2. The van der Waals surface area contributed by atoms with Crippen LogP contribution in [-0.2, 0) is 14.8 Å². The third-order valence-electron chi connectivity index (χ3n) is 3.68. The maximum absolute atomic E-state index is 12.9. The van der Waals surface area contributed by atoms with E-state index in [4.69, 9.17) is 4.74 Å². The van der Waals surface area contributed by atoms with Crippen LogP contribution in [-0.4, -0.2) is 46.0 Å². The Morgan fingerprint density at radius 1 is 1.08 bits per heavy atom. The van der Waals surface area contributed by atoms with Crippen molar-refractivity contribution in [3.05, 3.63) is 36.4 Å². The van der Waals surface area contributed by atoms with Crippen LogP contribution >= 0.6 is 0 Å². The summed E-state index contributed by atoms with van der Waals surface area (Å²) in [7, 11) is 0.803. The molecule has 1 amide bonds. The topological polar surface area (TPSA) is 75.7 Å². The third kappa shape index (κ3) is 3.37. The van der Waals surface area contributed by atoms with Crippen molar-refractivity contribution in [1.29, 1.82) is 0 Å². The summed E-state index contributed by atoms with van der Waals surface area (Å²) in [6.45, 7) is 3.08. The number of carbonyl (C=O) groups is 1. The molecule has 0 saturated heterocycles. The van der Waals surface area contributed by atoms with Gasteiger partial charge in [0.15, 0.2) is 0 Å². The average molecular weight is 350 g/mol. The normalized spacial score (nSPS) is 12.2. The molecule has 2 rings (SSSR count). The van der Waals surface area contributed by atoms with E-state index >= 15 is 0 Å². The van der Waals surface area contributed by atoms with Gasteiger partial charge in [0, 0.05) is 24.9 Å². The van der Waals surface area contributed by atoms with E-state index in [0.29, 0.717) is 16.5 Å². The summed E-state index contributed by atoms with van der Waals surface area (Å²) in [5, 5.41) is 1.23. The number of benzene rings is 2. The minimum Gasteiger partial charge on any atom is -0.496 e. The van der Waals surface area contributed by atoms with E-state index in [1.165, 1.54) is 18.1 Å². The first-order valence-corrected chi connectivity index (χ1v) is 8.90. The van der Waals surface area contributed by atoms with E-state index in [9.17, 15) is 13.2 Å². The van der Waals surface area contributed by atoms with Gasteiger partial charge >= 0.3 is 0 Å². The van der Waals surface area contributed by atoms with Crippen LogP contribution in [0.1, 0.15) is 13.8 Å². The van der Waals surface area contributed by atoms with Gasteiger partial charge in [-0.1, -0.05) is 24.3 Å². The van der Waals surface area contributed by atoms with Gasteiger partial charge in [-0.25, -0.2) is 8.42 Å². The zero-order chi connectivity index (χ0) is 18.1. The number of amides is 1. The van der Waals surface area contributed by atoms with Gasteiger partial charge in [-0.3, -0.25) is 4.79 Å². The Bertz CT molecular complexity index is 873. The lowest BCUT2D eigenvalue weighted by molar-refractivity contribution is -0.133. The number of hydrogen-bond acceptors (Lipinski definition) is 4. The summed E-state index contributed by atoms with van der Waals surface area (Å²) in [4.78, 5) is 13.7. The largest absolute Gasteiger partial charge is 0.496 e. The minimum absolute atomic E-state index is 0.110. The lowest BCUT2D eigenvalue weighted by Crippen LogP contribution is -2.54. The third-order valence-corrected chi connectivity index (χ3v) is 5.40. The second kappa shape index (κ2) is 6.41. The maximum atomic E-state index is 12.9. The van der Waals surface area contributed by atoms with Crippen molar-refractivity contribution < 1.29 is 17.9 Å². The molecule has 0 aliphatic carbocycles. The lowest BCUT2D eigenvalue weighted by atomic mass is 10.1. The number of carbonyl (C=O) groups excluding carboxylic acids is 1. The van der Waals surface area contributed by atoms with E-state index in [-0.39, 0.29) is 10.8 Å². The number of nitrogens with one attached hydrogen (secondary N) is 1. The lowest BCUT2D eigenvalue weighted by Gasteiger charge is -2.28. The van der Waals surface area contributed by atoms with Gasteiger partial charge in [0.25, 0.3) is 0 Å². The van der Waals surface area contributed by atoms with Crippen LogP contribution in [0, 0.1) is 0 Å². The van der Waals surface area contributed by atoms with E-state index in [0.717, 1.165) is 0 Å². The Morgan fingerprint density at radius 2 is 1.67 bits per heavy atom. The molecule has 0 atom stereocenters. The molecule has 1 N–H and O–H groups in total. The van der Waals surface area contributed by atoms with Crippen LogP contribution in [0.4, 0.5) is 0 Å². The number of sulfonamides is 1. The van der Waals surface area contributed by atoms with Crippen LogP contribution in [0.2, 0.25) is 0 Å². The van der Waals surface area contributed by atoms with Crippen LogP contribution in [0.3, 0.4) is 0 Å². The van der Waals surface area contributed by atoms with Crippen molar-refractivity contribution in [3.8, 4) is 5.75 Å². The van der Waals surface area contributed by atoms with Crippen molar-refractivity contribution in [1.82, 2.24) is 9.62 Å². The Hall–Kier alpha value is -2.12. The summed E-state index contributed by atoms with van der Waals surface area (Å²) in [6, 6.07) is 10.2. The first-order chi connectivity index (χ1) is 11.1. The van der Waals surface area contributed by atoms with Crippen molar-refractivity contribution in [2.75, 3.05) is 21.2 Å². The molecule has 0 heterocycles. The Balaban J connectivity index is 2.55. The number of ether oxygens (including phenoxy) is 1. The molecule has 0 saturated carbocycles. The molecular formula is C17H22N2O4S. The number of nitrogens with zero attached hydrogens (tertiary/aromatic N) is 1. The molecule has 2 aromatic carbocycles. The van der Waals surface area contributed by atoms with Crippen molar-refractivity contribution in [2.24, 2.45) is 0 Å². The summed E-state index contributed by atoms with van der Waals surface area (Å²) >= 11 is 0. The van der Waals surface area contributed by atoms with Crippen LogP contribution in [0.15, 0.2) is 41.3 Å². The number of hydrogen-bond donors (Lipinski definition) is 1. The zero-order valence-electron chi connectivity index (χ0n) is 14.5. The van der Waals surface area contributed by atoms with E-state index in [2.05, 4.69) is 4.72 Å².